The molecule has 4 aromatic rings. The summed E-state index contributed by atoms with van der Waals surface area (Å²) in [6.07, 6.45) is 3.15. The second-order valence-electron chi connectivity index (χ2n) is 6.05. The van der Waals surface area contributed by atoms with Gasteiger partial charge in [-0.05, 0) is 35.9 Å². The molecule has 0 radical (unpaired) electrons. The molecule has 0 aliphatic heterocycles. The van der Waals surface area contributed by atoms with Crippen molar-refractivity contribution >= 4 is 40.1 Å². The van der Waals surface area contributed by atoms with E-state index in [9.17, 15) is 4.79 Å². The van der Waals surface area contributed by atoms with Gasteiger partial charge in [-0.25, -0.2) is 14.8 Å². The van der Waals surface area contributed by atoms with Crippen LogP contribution < -0.4 is 5.73 Å². The molecule has 6 heteroatoms. The molecule has 5 nitrogen and oxygen atoms in total. The highest BCUT2D eigenvalue weighted by molar-refractivity contribution is 7.16. The van der Waals surface area contributed by atoms with Crippen molar-refractivity contribution in [2.45, 2.75) is 6.61 Å². The third-order valence-electron chi connectivity index (χ3n) is 4.09. The van der Waals surface area contributed by atoms with Crippen molar-refractivity contribution in [2.24, 2.45) is 0 Å². The van der Waals surface area contributed by atoms with Crippen LogP contribution in [0.2, 0.25) is 0 Å². The van der Waals surface area contributed by atoms with E-state index in [1.54, 1.807) is 17.4 Å². The molecule has 0 aliphatic rings. The van der Waals surface area contributed by atoms with E-state index in [2.05, 4.69) is 22.1 Å². The van der Waals surface area contributed by atoms with Gasteiger partial charge in [0.15, 0.2) is 12.4 Å². The van der Waals surface area contributed by atoms with E-state index in [4.69, 9.17) is 10.5 Å². The molecule has 0 aliphatic carbocycles. The van der Waals surface area contributed by atoms with Crippen LogP contribution in [-0.4, -0.2) is 15.9 Å². The Balaban J connectivity index is 1.39. The molecule has 28 heavy (non-hydrogen) atoms. The number of aromatic nitrogens is 2. The highest BCUT2D eigenvalue weighted by Crippen LogP contribution is 2.28. The fourth-order valence-corrected chi connectivity index (χ4v) is 3.67. The molecule has 2 aromatic heterocycles. The molecule has 2 N–H and O–H groups in total. The number of nitrogen functional groups attached to an aromatic ring is 1. The van der Waals surface area contributed by atoms with Gasteiger partial charge in [0.25, 0.3) is 0 Å². The number of esters is 1. The van der Waals surface area contributed by atoms with E-state index < -0.39 is 5.97 Å². The number of thiophene rings is 1. The van der Waals surface area contributed by atoms with Crippen molar-refractivity contribution in [3.63, 3.8) is 0 Å². The van der Waals surface area contributed by atoms with Crippen LogP contribution in [-0.2, 0) is 16.1 Å². The average Bonchev–Trinajstić information content (AvgIpc) is 3.21. The van der Waals surface area contributed by atoms with Gasteiger partial charge >= 0.3 is 5.97 Å². The number of hydrogen-bond donors (Lipinski definition) is 1. The van der Waals surface area contributed by atoms with Crippen LogP contribution in [0.1, 0.15) is 10.7 Å². The van der Waals surface area contributed by atoms with Crippen molar-refractivity contribution in [1.29, 1.82) is 0 Å². The Morgan fingerprint density at radius 1 is 1.00 bits per heavy atom. The zero-order valence-corrected chi connectivity index (χ0v) is 15.7. The van der Waals surface area contributed by atoms with E-state index >= 15 is 0 Å². The third-order valence-corrected chi connectivity index (χ3v) is 5.19. The third kappa shape index (κ3) is 4.07. The van der Waals surface area contributed by atoms with Crippen molar-refractivity contribution in [3.8, 4) is 10.4 Å². The highest BCUT2D eigenvalue weighted by Gasteiger charge is 2.07. The Hall–Kier alpha value is -3.51. The van der Waals surface area contributed by atoms with Crippen LogP contribution in [0.3, 0.4) is 0 Å². The monoisotopic (exact) mass is 387 g/mol. The number of carbonyl (C=O) groups is 1. The summed E-state index contributed by atoms with van der Waals surface area (Å²) in [6.45, 7) is -0.0298. The first kappa shape index (κ1) is 17.9. The van der Waals surface area contributed by atoms with Crippen molar-refractivity contribution in [2.75, 3.05) is 5.73 Å². The summed E-state index contributed by atoms with van der Waals surface area (Å²) in [7, 11) is 0. The second kappa shape index (κ2) is 8.02. The molecule has 0 atom stereocenters. The van der Waals surface area contributed by atoms with E-state index in [0.717, 1.165) is 26.2 Å². The lowest BCUT2D eigenvalue weighted by Crippen LogP contribution is -2.06. The summed E-state index contributed by atoms with van der Waals surface area (Å²) in [5, 5.41) is 0.782. The van der Waals surface area contributed by atoms with E-state index in [0.29, 0.717) is 11.6 Å². The minimum atomic E-state index is -0.454. The van der Waals surface area contributed by atoms with Gasteiger partial charge in [0.05, 0.1) is 5.52 Å². The predicted octanol–water partition coefficient (Wildman–Crippen LogP) is 4.70. The van der Waals surface area contributed by atoms with Gasteiger partial charge in [0.2, 0.25) is 0 Å². The number of nitrogens with two attached hydrogens (primary N) is 1. The topological polar surface area (TPSA) is 78.1 Å². The van der Waals surface area contributed by atoms with Crippen LogP contribution in [0.15, 0.2) is 72.8 Å². The summed E-state index contributed by atoms with van der Waals surface area (Å²) in [6, 6.07) is 21.6. The molecule has 0 bridgehead atoms. The van der Waals surface area contributed by atoms with Crippen LogP contribution in [0, 0.1) is 0 Å². The fourth-order valence-electron chi connectivity index (χ4n) is 2.75. The lowest BCUT2D eigenvalue weighted by Gasteiger charge is -2.05. The molecule has 2 heterocycles. The standard InChI is InChI=1S/C22H17N3O2S/c23-22-17-8-4-5-9-18(17)24-20(25-22)14-27-21(26)13-11-16-10-12-19(28-16)15-6-2-1-3-7-15/h1-13H,14H2,(H2,23,24,25). The Bertz CT molecular complexity index is 1150. The number of hydrogen-bond acceptors (Lipinski definition) is 6. The molecule has 2 aromatic carbocycles. The summed E-state index contributed by atoms with van der Waals surface area (Å²) < 4.78 is 5.24. The number of rotatable bonds is 5. The molecule has 4 rings (SSSR count). The minimum Gasteiger partial charge on any atom is -0.454 e. The Labute approximate surface area is 166 Å². The molecule has 138 valence electrons. The average molecular weight is 387 g/mol. The largest absolute Gasteiger partial charge is 0.454 e. The molecule has 0 amide bonds. The number of anilines is 1. The van der Waals surface area contributed by atoms with Gasteiger partial charge in [-0.15, -0.1) is 11.3 Å². The van der Waals surface area contributed by atoms with Crippen LogP contribution in [0.5, 0.6) is 0 Å². The minimum absolute atomic E-state index is 0.0298. The number of para-hydroxylation sites is 1. The molecule has 0 saturated heterocycles. The smallest absolute Gasteiger partial charge is 0.331 e. The first-order valence-electron chi connectivity index (χ1n) is 8.70. The summed E-state index contributed by atoms with van der Waals surface area (Å²) >= 11 is 1.61. The second-order valence-corrected chi connectivity index (χ2v) is 7.17. The highest BCUT2D eigenvalue weighted by atomic mass is 32.1. The number of fused-ring (bicyclic) bond motifs is 1. The molecular weight excluding hydrogens is 370 g/mol. The summed E-state index contributed by atoms with van der Waals surface area (Å²) in [5.74, 6) is 0.296. The maximum atomic E-state index is 12.0. The van der Waals surface area contributed by atoms with Gasteiger partial charge in [0, 0.05) is 21.2 Å². The molecule has 0 saturated carbocycles. The van der Waals surface area contributed by atoms with Crippen molar-refractivity contribution in [1.82, 2.24) is 9.97 Å². The zero-order valence-electron chi connectivity index (χ0n) is 14.9. The quantitative estimate of drug-likeness (QED) is 0.397. The molecule has 0 spiro atoms. The van der Waals surface area contributed by atoms with Crippen LogP contribution in [0.25, 0.3) is 27.4 Å². The van der Waals surface area contributed by atoms with Gasteiger partial charge in [-0.1, -0.05) is 42.5 Å². The first-order valence-corrected chi connectivity index (χ1v) is 9.52. The van der Waals surface area contributed by atoms with E-state index in [1.165, 1.54) is 6.08 Å². The lowest BCUT2D eigenvalue weighted by atomic mass is 10.2. The van der Waals surface area contributed by atoms with E-state index in [-0.39, 0.29) is 6.61 Å². The Morgan fingerprint density at radius 2 is 1.79 bits per heavy atom. The number of ether oxygens (including phenoxy) is 1. The fraction of sp³-hybridized carbons (Fsp3) is 0.0455. The number of nitrogens with zero attached hydrogens (tertiary/aromatic N) is 2. The molecule has 0 fully saturated rings. The molecule has 0 unspecified atom stereocenters. The number of benzene rings is 2. The van der Waals surface area contributed by atoms with Gasteiger partial charge < -0.3 is 10.5 Å². The zero-order chi connectivity index (χ0) is 19.3. The van der Waals surface area contributed by atoms with Gasteiger partial charge in [0.1, 0.15) is 5.82 Å². The maximum absolute atomic E-state index is 12.0. The Kier molecular flexibility index (Phi) is 5.12. The van der Waals surface area contributed by atoms with E-state index in [1.807, 2.05) is 54.6 Å². The molecular formula is C22H17N3O2S. The van der Waals surface area contributed by atoms with Gasteiger partial charge in [-0.2, -0.15) is 0 Å². The maximum Gasteiger partial charge on any atom is 0.331 e. The van der Waals surface area contributed by atoms with Crippen molar-refractivity contribution < 1.29 is 9.53 Å². The van der Waals surface area contributed by atoms with Crippen LogP contribution in [0.4, 0.5) is 5.82 Å². The first-order chi connectivity index (χ1) is 13.7. The summed E-state index contributed by atoms with van der Waals surface area (Å²) in [4.78, 5) is 22.7. The van der Waals surface area contributed by atoms with Gasteiger partial charge in [-0.3, -0.25) is 0 Å². The van der Waals surface area contributed by atoms with Crippen LogP contribution >= 0.6 is 11.3 Å². The predicted molar refractivity (Wildman–Crippen MR) is 113 cm³/mol. The SMILES string of the molecule is Nc1nc(COC(=O)C=Cc2ccc(-c3ccccc3)s2)nc2ccccc12. The van der Waals surface area contributed by atoms with Crippen molar-refractivity contribution in [3.05, 3.63) is 83.5 Å². The Morgan fingerprint density at radius 3 is 2.64 bits per heavy atom. The lowest BCUT2D eigenvalue weighted by molar-refractivity contribution is -0.139. The summed E-state index contributed by atoms with van der Waals surface area (Å²) in [5.41, 5.74) is 7.82. The normalized spacial score (nSPS) is 11.1. The number of carbonyl (C=O) groups excluding carboxylic acids is 1.